The smallest absolute Gasteiger partial charge is 0.234 e. The van der Waals surface area contributed by atoms with E-state index >= 15 is 0 Å². The third kappa shape index (κ3) is 8.38. The summed E-state index contributed by atoms with van der Waals surface area (Å²) in [6.45, 7) is 6.17. The van der Waals surface area contributed by atoms with Crippen LogP contribution in [0.15, 0.2) is 0 Å². The minimum atomic E-state index is -3.41. The first-order chi connectivity index (χ1) is 6.87. The minimum absolute atomic E-state index is 0.00362. The van der Waals surface area contributed by atoms with Gasteiger partial charge in [0.15, 0.2) is 0 Å². The second kappa shape index (κ2) is 6.79. The van der Waals surface area contributed by atoms with Gasteiger partial charge in [0.1, 0.15) is 0 Å². The van der Waals surface area contributed by atoms with E-state index in [1.54, 1.807) is 6.92 Å². The first-order valence-electron chi connectivity index (χ1n) is 5.14. The van der Waals surface area contributed by atoms with Crippen molar-refractivity contribution in [3.05, 3.63) is 0 Å². The molecule has 0 spiro atoms. The Morgan fingerprint density at radius 3 is 2.40 bits per heavy atom. The van der Waals surface area contributed by atoms with Crippen molar-refractivity contribution in [2.24, 2.45) is 0 Å². The molecule has 0 bridgehead atoms. The van der Waals surface area contributed by atoms with Crippen LogP contribution in [0.4, 0.5) is 0 Å². The van der Waals surface area contributed by atoms with Crippen molar-refractivity contribution < 1.29 is 13.2 Å². The molecule has 0 unspecified atom stereocenters. The third-order valence-electron chi connectivity index (χ3n) is 1.65. The third-order valence-corrected chi connectivity index (χ3v) is 3.13. The number of nitrogens with one attached hydrogen (secondary N) is 2. The first kappa shape index (κ1) is 14.4. The molecule has 15 heavy (non-hydrogen) atoms. The topological polar surface area (TPSA) is 75.3 Å². The molecule has 2 N–H and O–H groups in total. The molecule has 0 aliphatic carbocycles. The fourth-order valence-electron chi connectivity index (χ4n) is 1.02. The monoisotopic (exact) mass is 236 g/mol. The average molecular weight is 236 g/mol. The summed E-state index contributed by atoms with van der Waals surface area (Å²) >= 11 is 0. The van der Waals surface area contributed by atoms with Crippen LogP contribution in [0, 0.1) is 0 Å². The maximum Gasteiger partial charge on any atom is 0.234 e. The Hall–Kier alpha value is -0.620. The van der Waals surface area contributed by atoms with Crippen LogP contribution in [0.25, 0.3) is 0 Å². The van der Waals surface area contributed by atoms with Gasteiger partial charge in [0, 0.05) is 19.0 Å². The van der Waals surface area contributed by atoms with Crippen LogP contribution in [0.5, 0.6) is 0 Å². The van der Waals surface area contributed by atoms with Gasteiger partial charge in [-0.05, 0) is 6.42 Å². The zero-order valence-electron chi connectivity index (χ0n) is 9.54. The van der Waals surface area contributed by atoms with Gasteiger partial charge >= 0.3 is 0 Å². The van der Waals surface area contributed by atoms with Gasteiger partial charge in [-0.1, -0.05) is 20.8 Å². The summed E-state index contributed by atoms with van der Waals surface area (Å²) in [5, 5.41) is 3.04. The molecule has 0 saturated heterocycles. The van der Waals surface area contributed by atoms with Crippen LogP contribution in [0.1, 0.15) is 33.6 Å². The summed E-state index contributed by atoms with van der Waals surface area (Å²) in [5.41, 5.74) is 0. The Morgan fingerprint density at radius 1 is 1.33 bits per heavy atom. The molecule has 0 aromatic carbocycles. The first-order valence-corrected chi connectivity index (χ1v) is 6.79. The van der Waals surface area contributed by atoms with E-state index < -0.39 is 15.9 Å². The molecule has 6 heteroatoms. The van der Waals surface area contributed by atoms with Crippen LogP contribution in [0.2, 0.25) is 0 Å². The Morgan fingerprint density at radius 2 is 1.93 bits per heavy atom. The average Bonchev–Trinajstić information content (AvgIpc) is 2.01. The highest BCUT2D eigenvalue weighted by molar-refractivity contribution is 7.90. The zero-order chi connectivity index (χ0) is 11.9. The molecule has 0 aromatic heterocycles. The van der Waals surface area contributed by atoms with Crippen molar-refractivity contribution in [3.8, 4) is 0 Å². The second-order valence-corrected chi connectivity index (χ2v) is 5.54. The maximum absolute atomic E-state index is 11.2. The molecule has 0 aromatic rings. The lowest BCUT2D eigenvalue weighted by Crippen LogP contribution is -2.35. The second-order valence-electron chi connectivity index (χ2n) is 3.70. The van der Waals surface area contributed by atoms with Crippen molar-refractivity contribution >= 4 is 15.9 Å². The number of carbonyl (C=O) groups is 1. The molecule has 0 atom stereocenters. The van der Waals surface area contributed by atoms with Gasteiger partial charge in [0.05, 0.1) is 5.75 Å². The molecule has 0 fully saturated rings. The van der Waals surface area contributed by atoms with E-state index in [-0.39, 0.29) is 12.2 Å². The highest BCUT2D eigenvalue weighted by Crippen LogP contribution is 1.90. The molecule has 0 heterocycles. The van der Waals surface area contributed by atoms with E-state index in [0.29, 0.717) is 19.0 Å². The largest absolute Gasteiger partial charge is 0.314 e. The molecule has 1 amide bonds. The molecule has 0 aliphatic rings. The zero-order valence-corrected chi connectivity index (χ0v) is 10.4. The van der Waals surface area contributed by atoms with Gasteiger partial charge in [-0.2, -0.15) is 0 Å². The normalized spacial score (nSPS) is 11.7. The fraction of sp³-hybridized carbons (Fsp3) is 0.889. The number of rotatable bonds is 7. The molecule has 5 nitrogen and oxygen atoms in total. The van der Waals surface area contributed by atoms with Crippen LogP contribution >= 0.6 is 0 Å². The van der Waals surface area contributed by atoms with E-state index in [4.69, 9.17) is 0 Å². The summed E-state index contributed by atoms with van der Waals surface area (Å²) in [6, 6.07) is 0.296. The van der Waals surface area contributed by atoms with Crippen LogP contribution in [0.3, 0.4) is 0 Å². The van der Waals surface area contributed by atoms with Crippen LogP contribution in [-0.4, -0.2) is 32.7 Å². The van der Waals surface area contributed by atoms with E-state index in [2.05, 4.69) is 5.32 Å². The Labute approximate surface area is 91.7 Å². The number of carbonyl (C=O) groups excluding carboxylic acids is 1. The quantitative estimate of drug-likeness (QED) is 0.663. The van der Waals surface area contributed by atoms with E-state index in [9.17, 15) is 13.2 Å². The summed E-state index contributed by atoms with van der Waals surface area (Å²) in [4.78, 5) is 11.2. The highest BCUT2D eigenvalue weighted by Gasteiger charge is 2.12. The Kier molecular flexibility index (Phi) is 6.51. The molecule has 0 aliphatic heterocycles. The van der Waals surface area contributed by atoms with Gasteiger partial charge in [-0.3, -0.25) is 9.52 Å². The fourth-order valence-corrected chi connectivity index (χ4v) is 2.11. The van der Waals surface area contributed by atoms with Crippen molar-refractivity contribution in [1.82, 2.24) is 10.0 Å². The Balaban J connectivity index is 3.84. The lowest BCUT2D eigenvalue weighted by atomic mass is 10.3. The molecular formula is C9H20N2O3S. The van der Waals surface area contributed by atoms with Gasteiger partial charge in [-0.25, -0.2) is 8.42 Å². The summed E-state index contributed by atoms with van der Waals surface area (Å²) in [6.07, 6.45) is 0.688. The van der Waals surface area contributed by atoms with Gasteiger partial charge in [-0.15, -0.1) is 0 Å². The molecular weight excluding hydrogens is 216 g/mol. The SMILES string of the molecule is CCCS(=O)(=O)NC(=O)CCNC(C)C. The van der Waals surface area contributed by atoms with E-state index in [1.807, 2.05) is 18.6 Å². The number of hydrogen-bond acceptors (Lipinski definition) is 4. The lowest BCUT2D eigenvalue weighted by molar-refractivity contribution is -0.119. The number of hydrogen-bond donors (Lipinski definition) is 2. The van der Waals surface area contributed by atoms with Gasteiger partial charge < -0.3 is 5.32 Å². The predicted molar refractivity (Wildman–Crippen MR) is 60.0 cm³/mol. The van der Waals surface area contributed by atoms with Crippen molar-refractivity contribution in [2.75, 3.05) is 12.3 Å². The van der Waals surface area contributed by atoms with E-state index in [0.717, 1.165) is 0 Å². The predicted octanol–water partition coefficient (Wildman–Crippen LogP) is 0.231. The minimum Gasteiger partial charge on any atom is -0.314 e. The summed E-state index contributed by atoms with van der Waals surface area (Å²) in [7, 11) is -3.41. The van der Waals surface area contributed by atoms with Crippen LogP contribution in [-0.2, 0) is 14.8 Å². The summed E-state index contributed by atoms with van der Waals surface area (Å²) < 4.78 is 24.4. The molecule has 90 valence electrons. The summed E-state index contributed by atoms with van der Waals surface area (Å²) in [5.74, 6) is -0.451. The van der Waals surface area contributed by atoms with Gasteiger partial charge in [0.25, 0.3) is 0 Å². The lowest BCUT2D eigenvalue weighted by Gasteiger charge is -2.08. The standard InChI is InChI=1S/C9H20N2O3S/c1-4-7-15(13,14)11-9(12)5-6-10-8(2)3/h8,10H,4-7H2,1-3H3,(H,11,12). The maximum atomic E-state index is 11.2. The van der Waals surface area contributed by atoms with Crippen molar-refractivity contribution in [3.63, 3.8) is 0 Å². The van der Waals surface area contributed by atoms with Crippen LogP contribution < -0.4 is 10.0 Å². The number of sulfonamides is 1. The highest BCUT2D eigenvalue weighted by atomic mass is 32.2. The van der Waals surface area contributed by atoms with Crippen molar-refractivity contribution in [1.29, 1.82) is 0 Å². The molecule has 0 saturated carbocycles. The Bertz CT molecular complexity index is 286. The van der Waals surface area contributed by atoms with E-state index in [1.165, 1.54) is 0 Å². The van der Waals surface area contributed by atoms with Crippen molar-refractivity contribution in [2.45, 2.75) is 39.7 Å². The van der Waals surface area contributed by atoms with Gasteiger partial charge in [0.2, 0.25) is 15.9 Å². The number of amides is 1. The molecule has 0 rings (SSSR count). The molecule has 0 radical (unpaired) electrons.